The van der Waals surface area contributed by atoms with Crippen molar-refractivity contribution in [2.75, 3.05) is 0 Å². The maximum Gasteiger partial charge on any atom is 0.127 e. The molecular formula is C21H24O2. The molecule has 0 saturated heterocycles. The second kappa shape index (κ2) is 5.77. The van der Waals surface area contributed by atoms with Gasteiger partial charge in [-0.15, -0.1) is 0 Å². The molecule has 0 unspecified atom stereocenters. The number of hydrogen-bond donors (Lipinski definition) is 1. The van der Waals surface area contributed by atoms with Gasteiger partial charge in [-0.25, -0.2) is 0 Å². The molecule has 1 heterocycles. The molecule has 1 aliphatic heterocycles. The van der Waals surface area contributed by atoms with Crippen molar-refractivity contribution in [1.82, 2.24) is 0 Å². The highest BCUT2D eigenvalue weighted by Crippen LogP contribution is 2.44. The van der Waals surface area contributed by atoms with E-state index in [0.717, 1.165) is 46.4 Å². The van der Waals surface area contributed by atoms with Gasteiger partial charge in [0.25, 0.3) is 0 Å². The van der Waals surface area contributed by atoms with Crippen LogP contribution in [0.1, 0.15) is 48.1 Å². The number of phenolic OH excluding ortho intramolecular Hbond substituents is 1. The molecular weight excluding hydrogens is 284 g/mol. The Morgan fingerprint density at radius 1 is 1.04 bits per heavy atom. The molecule has 1 N–H and O–H groups in total. The number of fused-ring (bicyclic) bond motifs is 1. The second-order valence-corrected chi connectivity index (χ2v) is 6.93. The Balaban J connectivity index is 2.11. The SMILES string of the molecule is Cc1c(C)c2c(c(C=Cc3ccccc3)c1O)CCC(C)(C)O2. The predicted octanol–water partition coefficient (Wildman–Crippen LogP) is 5.28. The minimum Gasteiger partial charge on any atom is -0.507 e. The first-order valence-corrected chi connectivity index (χ1v) is 8.16. The van der Waals surface area contributed by atoms with Crippen LogP contribution in [0.4, 0.5) is 0 Å². The van der Waals surface area contributed by atoms with Crippen LogP contribution in [0.2, 0.25) is 0 Å². The van der Waals surface area contributed by atoms with E-state index in [9.17, 15) is 5.11 Å². The summed E-state index contributed by atoms with van der Waals surface area (Å²) in [4.78, 5) is 0. The molecule has 120 valence electrons. The van der Waals surface area contributed by atoms with E-state index in [4.69, 9.17) is 4.74 Å². The molecule has 2 aromatic carbocycles. The Morgan fingerprint density at radius 2 is 1.74 bits per heavy atom. The van der Waals surface area contributed by atoms with E-state index in [1.54, 1.807) is 0 Å². The predicted molar refractivity (Wildman–Crippen MR) is 96.0 cm³/mol. The highest BCUT2D eigenvalue weighted by molar-refractivity contribution is 5.78. The molecule has 23 heavy (non-hydrogen) atoms. The van der Waals surface area contributed by atoms with Crippen LogP contribution in [0.3, 0.4) is 0 Å². The normalized spacial score (nSPS) is 16.2. The van der Waals surface area contributed by atoms with E-state index in [1.165, 1.54) is 0 Å². The number of aromatic hydroxyl groups is 1. The van der Waals surface area contributed by atoms with Gasteiger partial charge in [0.15, 0.2) is 0 Å². The molecule has 2 nitrogen and oxygen atoms in total. The molecule has 3 rings (SSSR count). The van der Waals surface area contributed by atoms with E-state index in [2.05, 4.69) is 26.0 Å². The first-order chi connectivity index (χ1) is 10.9. The average Bonchev–Trinajstić information content (AvgIpc) is 2.53. The van der Waals surface area contributed by atoms with Gasteiger partial charge in [-0.2, -0.15) is 0 Å². The fourth-order valence-electron chi connectivity index (χ4n) is 3.10. The summed E-state index contributed by atoms with van der Waals surface area (Å²) in [6, 6.07) is 10.1. The zero-order valence-electron chi connectivity index (χ0n) is 14.3. The summed E-state index contributed by atoms with van der Waals surface area (Å²) in [6.45, 7) is 8.23. The zero-order chi connectivity index (χ0) is 16.6. The molecule has 0 aliphatic carbocycles. The third kappa shape index (κ3) is 2.98. The van der Waals surface area contributed by atoms with Crippen LogP contribution in [-0.4, -0.2) is 10.7 Å². The lowest BCUT2D eigenvalue weighted by Gasteiger charge is -2.35. The standard InChI is InChI=1S/C21H24O2/c1-14-15(2)20-18(12-13-21(3,4)23-20)17(19(14)22)11-10-16-8-6-5-7-9-16/h5-11,22H,12-13H2,1-4H3. The van der Waals surface area contributed by atoms with Crippen LogP contribution in [-0.2, 0) is 6.42 Å². The van der Waals surface area contributed by atoms with Gasteiger partial charge in [0, 0.05) is 11.1 Å². The highest BCUT2D eigenvalue weighted by atomic mass is 16.5. The summed E-state index contributed by atoms with van der Waals surface area (Å²) in [5, 5.41) is 10.6. The second-order valence-electron chi connectivity index (χ2n) is 6.93. The largest absolute Gasteiger partial charge is 0.507 e. The van der Waals surface area contributed by atoms with Gasteiger partial charge in [0.1, 0.15) is 17.1 Å². The first-order valence-electron chi connectivity index (χ1n) is 8.16. The summed E-state index contributed by atoms with van der Waals surface area (Å²) >= 11 is 0. The molecule has 2 heteroatoms. The lowest BCUT2D eigenvalue weighted by atomic mass is 9.87. The molecule has 1 aliphatic rings. The summed E-state index contributed by atoms with van der Waals surface area (Å²) in [7, 11) is 0. The zero-order valence-corrected chi connectivity index (χ0v) is 14.3. The molecule has 0 bridgehead atoms. The van der Waals surface area contributed by atoms with Gasteiger partial charge in [-0.1, -0.05) is 42.5 Å². The Kier molecular flexibility index (Phi) is 3.93. The van der Waals surface area contributed by atoms with Crippen LogP contribution in [0, 0.1) is 13.8 Å². The van der Waals surface area contributed by atoms with E-state index in [1.807, 2.05) is 44.2 Å². The fourth-order valence-corrected chi connectivity index (χ4v) is 3.10. The minimum atomic E-state index is -0.151. The van der Waals surface area contributed by atoms with Crippen LogP contribution >= 0.6 is 0 Å². The van der Waals surface area contributed by atoms with Crippen molar-refractivity contribution < 1.29 is 9.84 Å². The topological polar surface area (TPSA) is 29.5 Å². The van der Waals surface area contributed by atoms with Crippen molar-refractivity contribution >= 4 is 12.2 Å². The van der Waals surface area contributed by atoms with Crippen molar-refractivity contribution in [3.63, 3.8) is 0 Å². The fraction of sp³-hybridized carbons (Fsp3) is 0.333. The Hall–Kier alpha value is -2.22. The molecule has 0 atom stereocenters. The third-order valence-electron chi connectivity index (χ3n) is 4.71. The van der Waals surface area contributed by atoms with Crippen molar-refractivity contribution in [3.05, 3.63) is 58.1 Å². The first kappa shape index (κ1) is 15.7. The van der Waals surface area contributed by atoms with E-state index >= 15 is 0 Å². The van der Waals surface area contributed by atoms with E-state index in [0.29, 0.717) is 5.75 Å². The van der Waals surface area contributed by atoms with E-state index < -0.39 is 0 Å². The smallest absolute Gasteiger partial charge is 0.127 e. The number of phenols is 1. The molecule has 0 radical (unpaired) electrons. The molecule has 0 spiro atoms. The van der Waals surface area contributed by atoms with Crippen LogP contribution in [0.5, 0.6) is 11.5 Å². The van der Waals surface area contributed by atoms with Crippen LogP contribution in [0.15, 0.2) is 30.3 Å². The van der Waals surface area contributed by atoms with Crippen molar-refractivity contribution in [2.24, 2.45) is 0 Å². The number of rotatable bonds is 2. The van der Waals surface area contributed by atoms with Crippen molar-refractivity contribution in [3.8, 4) is 11.5 Å². The summed E-state index contributed by atoms with van der Waals surface area (Å²) in [5.74, 6) is 1.32. The van der Waals surface area contributed by atoms with Crippen LogP contribution in [0.25, 0.3) is 12.2 Å². The van der Waals surface area contributed by atoms with Gasteiger partial charge in [0.05, 0.1) is 0 Å². The maximum absolute atomic E-state index is 10.6. The minimum absolute atomic E-state index is 0.151. The summed E-state index contributed by atoms with van der Waals surface area (Å²) < 4.78 is 6.23. The Morgan fingerprint density at radius 3 is 2.43 bits per heavy atom. The molecule has 2 aromatic rings. The lowest BCUT2D eigenvalue weighted by Crippen LogP contribution is -2.33. The number of benzene rings is 2. The quantitative estimate of drug-likeness (QED) is 0.764. The molecule has 0 fully saturated rings. The van der Waals surface area contributed by atoms with Gasteiger partial charge < -0.3 is 9.84 Å². The molecule has 0 amide bonds. The Bertz CT molecular complexity index is 755. The summed E-state index contributed by atoms with van der Waals surface area (Å²) in [5.41, 5.74) is 4.92. The monoisotopic (exact) mass is 308 g/mol. The average molecular weight is 308 g/mol. The molecule has 0 saturated carbocycles. The lowest BCUT2D eigenvalue weighted by molar-refractivity contribution is 0.0833. The van der Waals surface area contributed by atoms with E-state index in [-0.39, 0.29) is 5.60 Å². The summed E-state index contributed by atoms with van der Waals surface area (Å²) in [6.07, 6.45) is 5.93. The third-order valence-corrected chi connectivity index (χ3v) is 4.71. The maximum atomic E-state index is 10.6. The van der Waals surface area contributed by atoms with Gasteiger partial charge >= 0.3 is 0 Å². The van der Waals surface area contributed by atoms with Crippen molar-refractivity contribution in [1.29, 1.82) is 0 Å². The number of hydrogen-bond acceptors (Lipinski definition) is 2. The Labute approximate surface area is 138 Å². The number of ether oxygens (including phenoxy) is 1. The highest BCUT2D eigenvalue weighted by Gasteiger charge is 2.31. The van der Waals surface area contributed by atoms with Crippen LogP contribution < -0.4 is 4.74 Å². The van der Waals surface area contributed by atoms with Gasteiger partial charge in [-0.05, 0) is 57.2 Å². The molecule has 0 aromatic heterocycles. The van der Waals surface area contributed by atoms with Gasteiger partial charge in [0.2, 0.25) is 0 Å². The van der Waals surface area contributed by atoms with Gasteiger partial charge in [-0.3, -0.25) is 0 Å². The van der Waals surface area contributed by atoms with Crippen molar-refractivity contribution in [2.45, 2.75) is 46.1 Å².